The molecule has 5 rings (SSSR count). The number of hydrogen-bond acceptors (Lipinski definition) is 7. The Morgan fingerprint density at radius 1 is 1.14 bits per heavy atom. The molecule has 1 aliphatic heterocycles. The molecule has 2 fully saturated rings. The van der Waals surface area contributed by atoms with Crippen LogP contribution in [0.5, 0.6) is 0 Å². The fourth-order valence-electron chi connectivity index (χ4n) is 5.47. The van der Waals surface area contributed by atoms with E-state index >= 15 is 0 Å². The normalized spacial score (nSPS) is 21.5. The molecule has 0 radical (unpaired) electrons. The van der Waals surface area contributed by atoms with Gasteiger partial charge in [-0.1, -0.05) is 0 Å². The predicted octanol–water partition coefficient (Wildman–Crippen LogP) is 3.88. The number of rotatable bonds is 7. The summed E-state index contributed by atoms with van der Waals surface area (Å²) < 4.78 is 7.22. The number of amides is 1. The number of aliphatic hydroxyl groups is 1. The highest BCUT2D eigenvalue weighted by Crippen LogP contribution is 2.37. The minimum absolute atomic E-state index is 0.0453. The third-order valence-corrected chi connectivity index (χ3v) is 7.39. The summed E-state index contributed by atoms with van der Waals surface area (Å²) in [5, 5.41) is 18.2. The van der Waals surface area contributed by atoms with Gasteiger partial charge in [0.2, 0.25) is 5.95 Å². The Balaban J connectivity index is 1.52. The van der Waals surface area contributed by atoms with Gasteiger partial charge >= 0.3 is 0 Å². The van der Waals surface area contributed by atoms with Crippen LogP contribution in [-0.2, 0) is 4.74 Å². The second-order valence-electron chi connectivity index (χ2n) is 10.2. The van der Waals surface area contributed by atoms with Crippen LogP contribution in [0, 0.1) is 0 Å². The zero-order chi connectivity index (χ0) is 25.1. The number of hydrogen-bond donors (Lipinski definition) is 2. The monoisotopic (exact) mass is 492 g/mol. The van der Waals surface area contributed by atoms with Crippen molar-refractivity contribution in [3.05, 3.63) is 42.0 Å². The molecule has 0 spiro atoms. The largest absolute Gasteiger partial charge is 0.393 e. The third kappa shape index (κ3) is 5.22. The van der Waals surface area contributed by atoms with E-state index in [1.807, 2.05) is 34.8 Å². The highest BCUT2D eigenvalue weighted by Gasteiger charge is 2.26. The van der Waals surface area contributed by atoms with Crippen LogP contribution in [0.15, 0.2) is 30.7 Å². The molecule has 9 heteroatoms. The fraction of sp³-hybridized carbons (Fsp3) is 0.556. The third-order valence-electron chi connectivity index (χ3n) is 7.39. The van der Waals surface area contributed by atoms with Gasteiger partial charge in [0.25, 0.3) is 5.91 Å². The lowest BCUT2D eigenvalue weighted by molar-refractivity contribution is 0.0724. The highest BCUT2D eigenvalue weighted by atomic mass is 16.5. The molecule has 2 N–H and O–H groups in total. The first-order chi connectivity index (χ1) is 17.5. The van der Waals surface area contributed by atoms with Crippen LogP contribution in [0.4, 0.5) is 5.95 Å². The number of anilines is 1. The van der Waals surface area contributed by atoms with Gasteiger partial charge < -0.3 is 20.1 Å². The molecule has 0 unspecified atom stereocenters. The molecular formula is C27H36N6O3. The topological polar surface area (TPSA) is 105 Å². The number of carbonyl (C=O) groups excluding carboxylic acids is 1. The van der Waals surface area contributed by atoms with Gasteiger partial charge in [-0.25, -0.2) is 9.50 Å². The number of aliphatic hydroxyl groups excluding tert-OH is 1. The van der Waals surface area contributed by atoms with Gasteiger partial charge in [0.15, 0.2) is 0 Å². The summed E-state index contributed by atoms with van der Waals surface area (Å²) in [5.41, 5.74) is 4.45. The SMILES string of the molecule is COC[C@H](C)Nc1ncc2c(-c3cncc(C(=O)N4CCCCC4)c3)cc(C3CCC(O)CC3)n2n1. The van der Waals surface area contributed by atoms with E-state index in [1.54, 1.807) is 13.3 Å². The first kappa shape index (κ1) is 24.6. The minimum atomic E-state index is -0.227. The highest BCUT2D eigenvalue weighted by molar-refractivity contribution is 5.96. The van der Waals surface area contributed by atoms with E-state index in [4.69, 9.17) is 9.84 Å². The van der Waals surface area contributed by atoms with E-state index in [1.165, 1.54) is 6.42 Å². The summed E-state index contributed by atoms with van der Waals surface area (Å²) in [6, 6.07) is 4.18. The van der Waals surface area contributed by atoms with Crippen molar-refractivity contribution in [1.29, 1.82) is 0 Å². The number of aromatic nitrogens is 4. The Bertz CT molecular complexity index is 1200. The van der Waals surface area contributed by atoms with E-state index in [-0.39, 0.29) is 18.1 Å². The standard InChI is InChI=1S/C27H36N6O3/c1-18(17-36-2)30-27-29-16-25-23(13-24(33(25)31-27)19-6-8-22(34)9-7-19)20-12-21(15-28-14-20)26(35)32-10-4-3-5-11-32/h12-16,18-19,22,34H,3-11,17H2,1-2H3,(H,30,31)/t18-,19?,22?/m0/s1. The molecule has 1 amide bonds. The molecule has 4 heterocycles. The predicted molar refractivity (Wildman–Crippen MR) is 138 cm³/mol. The summed E-state index contributed by atoms with van der Waals surface area (Å²) in [5.74, 6) is 0.877. The van der Waals surface area contributed by atoms with Gasteiger partial charge in [-0.05, 0) is 64.0 Å². The molecule has 192 valence electrons. The molecular weight excluding hydrogens is 456 g/mol. The van der Waals surface area contributed by atoms with Crippen molar-refractivity contribution in [1.82, 2.24) is 24.5 Å². The number of nitrogens with zero attached hydrogens (tertiary/aromatic N) is 5. The van der Waals surface area contributed by atoms with Gasteiger partial charge in [-0.3, -0.25) is 9.78 Å². The summed E-state index contributed by atoms with van der Waals surface area (Å²) in [6.45, 7) is 4.19. The first-order valence-corrected chi connectivity index (χ1v) is 13.1. The Kier molecular flexibility index (Phi) is 7.48. The number of ether oxygens (including phenoxy) is 1. The molecule has 3 aromatic rings. The molecule has 9 nitrogen and oxygen atoms in total. The van der Waals surface area contributed by atoms with Crippen molar-refractivity contribution in [2.45, 2.75) is 69.9 Å². The number of methoxy groups -OCH3 is 1. The smallest absolute Gasteiger partial charge is 0.255 e. The average Bonchev–Trinajstić information content (AvgIpc) is 3.28. The van der Waals surface area contributed by atoms with E-state index in [0.29, 0.717) is 24.0 Å². The zero-order valence-corrected chi connectivity index (χ0v) is 21.2. The maximum Gasteiger partial charge on any atom is 0.255 e. The van der Waals surface area contributed by atoms with Crippen molar-refractivity contribution in [2.24, 2.45) is 0 Å². The number of likely N-dealkylation sites (tertiary alicyclic amines) is 1. The van der Waals surface area contributed by atoms with Crippen LogP contribution >= 0.6 is 0 Å². The van der Waals surface area contributed by atoms with Crippen LogP contribution in [0.25, 0.3) is 16.6 Å². The van der Waals surface area contributed by atoms with Gasteiger partial charge in [0.05, 0.1) is 30.0 Å². The molecule has 1 saturated carbocycles. The number of piperidine rings is 1. The minimum Gasteiger partial charge on any atom is -0.393 e. The van der Waals surface area contributed by atoms with Gasteiger partial charge in [0, 0.05) is 61.4 Å². The lowest BCUT2D eigenvalue weighted by Crippen LogP contribution is -2.35. The molecule has 36 heavy (non-hydrogen) atoms. The van der Waals surface area contributed by atoms with Crippen LogP contribution in [0.3, 0.4) is 0 Å². The van der Waals surface area contributed by atoms with Crippen molar-refractivity contribution in [3.8, 4) is 11.1 Å². The molecule has 0 aromatic carbocycles. The second kappa shape index (κ2) is 10.9. The maximum absolute atomic E-state index is 13.1. The molecule has 1 saturated heterocycles. The second-order valence-corrected chi connectivity index (χ2v) is 10.2. The van der Waals surface area contributed by atoms with Gasteiger partial charge in [0.1, 0.15) is 0 Å². The van der Waals surface area contributed by atoms with E-state index in [2.05, 4.69) is 21.4 Å². The van der Waals surface area contributed by atoms with E-state index in [0.717, 1.165) is 74.0 Å². The number of fused-ring (bicyclic) bond motifs is 1. The lowest BCUT2D eigenvalue weighted by atomic mass is 9.85. The van der Waals surface area contributed by atoms with Crippen molar-refractivity contribution in [2.75, 3.05) is 32.1 Å². The lowest BCUT2D eigenvalue weighted by Gasteiger charge is -2.26. The van der Waals surface area contributed by atoms with E-state index in [9.17, 15) is 9.90 Å². The number of pyridine rings is 1. The molecule has 1 aliphatic carbocycles. The van der Waals surface area contributed by atoms with E-state index < -0.39 is 0 Å². The molecule has 1 atom stereocenters. The fourth-order valence-corrected chi connectivity index (χ4v) is 5.47. The summed E-state index contributed by atoms with van der Waals surface area (Å²) >= 11 is 0. The van der Waals surface area contributed by atoms with Crippen LogP contribution in [-0.4, -0.2) is 74.4 Å². The summed E-state index contributed by atoms with van der Waals surface area (Å²) in [7, 11) is 1.67. The zero-order valence-electron chi connectivity index (χ0n) is 21.2. The average molecular weight is 493 g/mol. The van der Waals surface area contributed by atoms with Crippen molar-refractivity contribution in [3.63, 3.8) is 0 Å². The van der Waals surface area contributed by atoms with Gasteiger partial charge in [-0.2, -0.15) is 0 Å². The van der Waals surface area contributed by atoms with Crippen LogP contribution in [0.1, 0.15) is 73.8 Å². The van der Waals surface area contributed by atoms with Crippen LogP contribution in [0.2, 0.25) is 0 Å². The van der Waals surface area contributed by atoms with Crippen molar-refractivity contribution >= 4 is 17.4 Å². The Morgan fingerprint density at radius 3 is 2.67 bits per heavy atom. The molecule has 0 bridgehead atoms. The Morgan fingerprint density at radius 2 is 1.92 bits per heavy atom. The molecule has 3 aromatic heterocycles. The quantitative estimate of drug-likeness (QED) is 0.516. The van der Waals surface area contributed by atoms with Crippen LogP contribution < -0.4 is 5.32 Å². The molecule has 2 aliphatic rings. The van der Waals surface area contributed by atoms with Crippen molar-refractivity contribution < 1.29 is 14.6 Å². The Labute approximate surface area is 211 Å². The summed E-state index contributed by atoms with van der Waals surface area (Å²) in [4.78, 5) is 24.1. The van der Waals surface area contributed by atoms with Gasteiger partial charge in [-0.15, -0.1) is 5.10 Å². The number of nitrogens with one attached hydrogen (secondary N) is 1. The Hall–Kier alpha value is -3.04. The maximum atomic E-state index is 13.1. The first-order valence-electron chi connectivity index (χ1n) is 13.1. The summed E-state index contributed by atoms with van der Waals surface area (Å²) in [6.07, 6.45) is 11.8. The number of carbonyl (C=O) groups is 1.